The molecule has 5 nitrogen and oxygen atoms in total. The van der Waals surface area contributed by atoms with E-state index in [9.17, 15) is 4.39 Å². The van der Waals surface area contributed by atoms with Gasteiger partial charge in [-0.25, -0.2) is 9.38 Å². The lowest BCUT2D eigenvalue weighted by atomic mass is 10.0. The number of guanidine groups is 1. The highest BCUT2D eigenvalue weighted by Gasteiger charge is 2.21. The number of aliphatic imine (C=N–C) groups is 1. The van der Waals surface area contributed by atoms with E-state index in [1.165, 1.54) is 6.07 Å². The van der Waals surface area contributed by atoms with Gasteiger partial charge in [0.1, 0.15) is 6.10 Å². The third kappa shape index (κ3) is 6.48. The molecule has 1 aliphatic rings. The minimum Gasteiger partial charge on any atom is -0.486 e. The second kappa shape index (κ2) is 10.4. The van der Waals surface area contributed by atoms with Crippen LogP contribution in [0.3, 0.4) is 0 Å². The lowest BCUT2D eigenvalue weighted by Gasteiger charge is -2.35. The molecule has 6 heteroatoms. The monoisotopic (exact) mass is 364 g/mol. The number of rotatable bonds is 7. The van der Waals surface area contributed by atoms with Crippen molar-refractivity contribution in [3.8, 4) is 5.75 Å². The summed E-state index contributed by atoms with van der Waals surface area (Å²) >= 11 is 0. The van der Waals surface area contributed by atoms with Gasteiger partial charge in [0.2, 0.25) is 0 Å². The number of nitrogens with one attached hydrogen (secondary N) is 2. The van der Waals surface area contributed by atoms with Crippen LogP contribution in [-0.4, -0.2) is 55.2 Å². The first-order chi connectivity index (χ1) is 12.5. The van der Waals surface area contributed by atoms with E-state index in [2.05, 4.69) is 41.3 Å². The van der Waals surface area contributed by atoms with Crippen molar-refractivity contribution in [3.63, 3.8) is 0 Å². The van der Waals surface area contributed by atoms with Gasteiger partial charge >= 0.3 is 0 Å². The predicted octanol–water partition coefficient (Wildman–Crippen LogP) is 3.02. The van der Waals surface area contributed by atoms with Crippen molar-refractivity contribution in [2.45, 2.75) is 58.7 Å². The molecule has 1 fully saturated rings. The van der Waals surface area contributed by atoms with Gasteiger partial charge in [-0.2, -0.15) is 0 Å². The highest BCUT2D eigenvalue weighted by atomic mass is 19.1. The van der Waals surface area contributed by atoms with Gasteiger partial charge in [0.15, 0.2) is 17.5 Å². The van der Waals surface area contributed by atoms with Crippen molar-refractivity contribution >= 4 is 5.96 Å². The number of nitrogens with zero attached hydrogens (tertiary/aromatic N) is 2. The SMILES string of the molecule is CCNC(=NCC(C)Oc1ccccc1F)NC1CCN(C(C)C)CC1. The summed E-state index contributed by atoms with van der Waals surface area (Å²) in [6.45, 7) is 11.9. The maximum atomic E-state index is 13.7. The van der Waals surface area contributed by atoms with Crippen LogP contribution < -0.4 is 15.4 Å². The van der Waals surface area contributed by atoms with E-state index in [1.807, 2.05) is 6.92 Å². The molecule has 146 valence electrons. The number of benzene rings is 1. The van der Waals surface area contributed by atoms with Crippen molar-refractivity contribution in [3.05, 3.63) is 30.1 Å². The molecule has 0 saturated carbocycles. The van der Waals surface area contributed by atoms with Gasteiger partial charge in [0.05, 0.1) is 6.54 Å². The fourth-order valence-corrected chi connectivity index (χ4v) is 3.09. The van der Waals surface area contributed by atoms with Crippen molar-refractivity contribution in [1.82, 2.24) is 15.5 Å². The minimum atomic E-state index is -0.342. The Morgan fingerprint density at radius 2 is 1.96 bits per heavy atom. The van der Waals surface area contributed by atoms with Crippen molar-refractivity contribution in [2.24, 2.45) is 4.99 Å². The average molecular weight is 365 g/mol. The Bertz CT molecular complexity index is 571. The normalized spacial score (nSPS) is 18.0. The summed E-state index contributed by atoms with van der Waals surface area (Å²) in [7, 11) is 0. The summed E-state index contributed by atoms with van der Waals surface area (Å²) in [4.78, 5) is 7.13. The molecule has 1 aromatic rings. The molecule has 1 atom stereocenters. The fraction of sp³-hybridized carbons (Fsp3) is 0.650. The van der Waals surface area contributed by atoms with Gasteiger partial charge in [0, 0.05) is 31.7 Å². The van der Waals surface area contributed by atoms with Crippen LogP contribution in [-0.2, 0) is 0 Å². The molecule has 26 heavy (non-hydrogen) atoms. The van der Waals surface area contributed by atoms with Crippen LogP contribution in [0.2, 0.25) is 0 Å². The summed E-state index contributed by atoms with van der Waals surface area (Å²) in [6, 6.07) is 7.51. The summed E-state index contributed by atoms with van der Waals surface area (Å²) in [5.41, 5.74) is 0. The zero-order chi connectivity index (χ0) is 18.9. The largest absolute Gasteiger partial charge is 0.486 e. The Kier molecular flexibility index (Phi) is 8.16. The molecule has 0 amide bonds. The molecule has 1 aromatic carbocycles. The van der Waals surface area contributed by atoms with E-state index in [1.54, 1.807) is 18.2 Å². The Labute approximate surface area is 157 Å². The average Bonchev–Trinajstić information content (AvgIpc) is 2.62. The first kappa shape index (κ1) is 20.5. The van der Waals surface area contributed by atoms with E-state index < -0.39 is 0 Å². The third-order valence-corrected chi connectivity index (χ3v) is 4.62. The van der Waals surface area contributed by atoms with Gasteiger partial charge in [-0.15, -0.1) is 0 Å². The Hall–Kier alpha value is -1.82. The van der Waals surface area contributed by atoms with Gasteiger partial charge in [0.25, 0.3) is 0 Å². The van der Waals surface area contributed by atoms with E-state index in [-0.39, 0.29) is 17.7 Å². The van der Waals surface area contributed by atoms with Crippen LogP contribution in [0, 0.1) is 5.82 Å². The van der Waals surface area contributed by atoms with Crippen LogP contribution in [0.5, 0.6) is 5.75 Å². The quantitative estimate of drug-likeness (QED) is 0.577. The summed E-state index contributed by atoms with van der Waals surface area (Å²) in [5, 5.41) is 6.82. The minimum absolute atomic E-state index is 0.204. The maximum absolute atomic E-state index is 13.7. The van der Waals surface area contributed by atoms with E-state index in [4.69, 9.17) is 4.74 Å². The zero-order valence-electron chi connectivity index (χ0n) is 16.5. The lowest BCUT2D eigenvalue weighted by Crippen LogP contribution is -2.50. The number of ether oxygens (including phenoxy) is 1. The van der Waals surface area contributed by atoms with Gasteiger partial charge in [-0.1, -0.05) is 12.1 Å². The van der Waals surface area contributed by atoms with Gasteiger partial charge in [-0.3, -0.25) is 0 Å². The van der Waals surface area contributed by atoms with E-state index in [0.717, 1.165) is 38.4 Å². The molecule has 1 saturated heterocycles. The van der Waals surface area contributed by atoms with Gasteiger partial charge < -0.3 is 20.3 Å². The summed E-state index contributed by atoms with van der Waals surface area (Å²) in [6.07, 6.45) is 2.03. The molecule has 1 heterocycles. The molecular weight excluding hydrogens is 331 g/mol. The fourth-order valence-electron chi connectivity index (χ4n) is 3.09. The zero-order valence-corrected chi connectivity index (χ0v) is 16.5. The van der Waals surface area contributed by atoms with Crippen LogP contribution in [0.1, 0.15) is 40.5 Å². The predicted molar refractivity (Wildman–Crippen MR) is 105 cm³/mol. The Morgan fingerprint density at radius 3 is 2.58 bits per heavy atom. The van der Waals surface area contributed by atoms with Crippen LogP contribution in [0.25, 0.3) is 0 Å². The molecule has 0 radical (unpaired) electrons. The standard InChI is InChI=1S/C20H33FN4O/c1-5-22-20(24-17-10-12-25(13-11-17)15(2)3)23-14-16(4)26-19-9-7-6-8-18(19)21/h6-9,15-17H,5,10-14H2,1-4H3,(H2,22,23,24). The van der Waals surface area contributed by atoms with E-state index >= 15 is 0 Å². The van der Waals surface area contributed by atoms with Gasteiger partial charge in [-0.05, 0) is 52.7 Å². The molecule has 1 unspecified atom stereocenters. The molecule has 0 aliphatic carbocycles. The molecule has 1 aliphatic heterocycles. The molecule has 0 bridgehead atoms. The number of likely N-dealkylation sites (tertiary alicyclic amines) is 1. The third-order valence-electron chi connectivity index (χ3n) is 4.62. The van der Waals surface area contributed by atoms with Crippen molar-refractivity contribution in [2.75, 3.05) is 26.2 Å². The highest BCUT2D eigenvalue weighted by molar-refractivity contribution is 5.80. The van der Waals surface area contributed by atoms with Crippen molar-refractivity contribution in [1.29, 1.82) is 0 Å². The molecule has 2 N–H and O–H groups in total. The summed E-state index contributed by atoms with van der Waals surface area (Å²) < 4.78 is 19.3. The van der Waals surface area contributed by atoms with Crippen LogP contribution in [0.15, 0.2) is 29.3 Å². The number of piperidine rings is 1. The molecule has 0 spiro atoms. The molecule has 2 rings (SSSR count). The first-order valence-electron chi connectivity index (χ1n) is 9.69. The van der Waals surface area contributed by atoms with E-state index in [0.29, 0.717) is 18.6 Å². The number of hydrogen-bond acceptors (Lipinski definition) is 3. The lowest BCUT2D eigenvalue weighted by molar-refractivity contribution is 0.167. The van der Waals surface area contributed by atoms with Crippen molar-refractivity contribution < 1.29 is 9.13 Å². The second-order valence-corrected chi connectivity index (χ2v) is 7.13. The smallest absolute Gasteiger partial charge is 0.191 e. The highest BCUT2D eigenvalue weighted by Crippen LogP contribution is 2.17. The maximum Gasteiger partial charge on any atom is 0.191 e. The number of para-hydroxylation sites is 1. The Morgan fingerprint density at radius 1 is 1.27 bits per heavy atom. The van der Waals surface area contributed by atoms with Crippen LogP contribution in [0.4, 0.5) is 4.39 Å². The Balaban J connectivity index is 1.85. The molecular formula is C20H33FN4O. The molecule has 0 aromatic heterocycles. The number of halogens is 1. The topological polar surface area (TPSA) is 48.9 Å². The second-order valence-electron chi connectivity index (χ2n) is 7.13. The summed E-state index contributed by atoms with van der Waals surface area (Å²) in [5.74, 6) is 0.735. The first-order valence-corrected chi connectivity index (χ1v) is 9.69. The number of hydrogen-bond donors (Lipinski definition) is 2. The van der Waals surface area contributed by atoms with Crippen LogP contribution >= 0.6 is 0 Å².